The second-order valence-corrected chi connectivity index (χ2v) is 21.7. The molecule has 0 aromatic heterocycles. The Kier molecular flexibility index (Phi) is 51.0. The van der Waals surface area contributed by atoms with Gasteiger partial charge in [0.1, 0.15) is 24.4 Å². The van der Waals surface area contributed by atoms with Gasteiger partial charge in [0.15, 0.2) is 6.29 Å². The Labute approximate surface area is 465 Å². The Balaban J connectivity index is 1.98. The van der Waals surface area contributed by atoms with E-state index in [-0.39, 0.29) is 18.5 Å². The lowest BCUT2D eigenvalue weighted by atomic mass is 9.99. The van der Waals surface area contributed by atoms with Crippen molar-refractivity contribution in [3.8, 4) is 0 Å². The van der Waals surface area contributed by atoms with Gasteiger partial charge in [-0.3, -0.25) is 9.59 Å². The van der Waals surface area contributed by atoms with Crippen LogP contribution in [0.4, 0.5) is 0 Å². The number of amides is 1. The fraction of sp³-hybridized carbons (Fsp3) is 0.815. The third-order valence-electron chi connectivity index (χ3n) is 14.6. The zero-order valence-corrected chi connectivity index (χ0v) is 48.7. The molecule has 1 rings (SSSR count). The van der Waals surface area contributed by atoms with Crippen LogP contribution in [0.15, 0.2) is 60.8 Å². The van der Waals surface area contributed by atoms with Crippen LogP contribution in [0.5, 0.6) is 0 Å². The van der Waals surface area contributed by atoms with Gasteiger partial charge in [0.2, 0.25) is 5.91 Å². The van der Waals surface area contributed by atoms with Gasteiger partial charge in [-0.1, -0.05) is 222 Å². The van der Waals surface area contributed by atoms with Crippen LogP contribution < -0.4 is 5.32 Å². The highest BCUT2D eigenvalue weighted by Crippen LogP contribution is 2.23. The molecule has 11 nitrogen and oxygen atoms in total. The van der Waals surface area contributed by atoms with Gasteiger partial charge in [-0.25, -0.2) is 0 Å². The van der Waals surface area contributed by atoms with Crippen molar-refractivity contribution < 1.29 is 49.3 Å². The lowest BCUT2D eigenvalue weighted by Gasteiger charge is -2.40. The van der Waals surface area contributed by atoms with E-state index in [9.17, 15) is 35.1 Å². The summed E-state index contributed by atoms with van der Waals surface area (Å²) in [6.07, 6.45) is 60.8. The van der Waals surface area contributed by atoms with Crippen LogP contribution in [0.3, 0.4) is 0 Å². The molecule has 7 atom stereocenters. The molecule has 1 heterocycles. The van der Waals surface area contributed by atoms with E-state index in [1.54, 1.807) is 6.08 Å². The van der Waals surface area contributed by atoms with Crippen molar-refractivity contribution in [1.29, 1.82) is 0 Å². The standard InChI is InChI=1S/C65H117NO10/c1-3-5-7-9-11-13-14-29-33-37-41-45-49-53-61(70)74-54-50-46-42-38-34-31-28-26-24-22-20-18-16-15-17-19-21-23-25-27-30-32-36-40-44-48-52-60(69)66-57(58(68)51-47-43-39-35-12-10-8-6-4-2)56-75-65-64(73)63(72)62(71)59(55-67)76-65/h4,6,12-15,17,35,47,51,57-59,62-65,67-68,71-73H,3,5,7-11,16,18-34,36-46,48-50,52-56H2,1-2H3,(H,66,69)/b6-4+,14-13-,17-15-,35-12+,51-47+. The molecule has 0 aromatic rings. The van der Waals surface area contributed by atoms with Crippen LogP contribution in [0, 0.1) is 0 Å². The number of allylic oxidation sites excluding steroid dienone is 9. The summed E-state index contributed by atoms with van der Waals surface area (Å²) >= 11 is 0. The number of aliphatic hydroxyl groups excluding tert-OH is 5. The summed E-state index contributed by atoms with van der Waals surface area (Å²) in [6, 6.07) is -0.835. The quantitative estimate of drug-likeness (QED) is 0.0195. The van der Waals surface area contributed by atoms with E-state index in [0.29, 0.717) is 19.4 Å². The van der Waals surface area contributed by atoms with Gasteiger partial charge in [-0.2, -0.15) is 0 Å². The SMILES string of the molecule is C/C=C/CC/C=C/CC/C=C/C(O)C(COC1OC(CO)C(O)C(O)C1O)NC(=O)CCCCCCCCCCCC/C=C\CCCCCCCCCCCCCCOC(=O)CCCCCCC/C=C\CCCCCC. The van der Waals surface area contributed by atoms with E-state index in [2.05, 4.69) is 54.8 Å². The Morgan fingerprint density at radius 3 is 1.38 bits per heavy atom. The molecule has 1 saturated heterocycles. The molecule has 0 aromatic carbocycles. The Bertz CT molecular complexity index is 1450. The molecule has 6 N–H and O–H groups in total. The van der Waals surface area contributed by atoms with Crippen LogP contribution in [0.25, 0.3) is 0 Å². The highest BCUT2D eigenvalue weighted by molar-refractivity contribution is 5.76. The van der Waals surface area contributed by atoms with E-state index >= 15 is 0 Å². The summed E-state index contributed by atoms with van der Waals surface area (Å²) in [7, 11) is 0. The molecule has 76 heavy (non-hydrogen) atoms. The average molecular weight is 1070 g/mol. The van der Waals surface area contributed by atoms with Crippen molar-refractivity contribution in [2.24, 2.45) is 0 Å². The third-order valence-corrected chi connectivity index (χ3v) is 14.6. The fourth-order valence-electron chi connectivity index (χ4n) is 9.64. The first-order valence-electron chi connectivity index (χ1n) is 31.5. The fourth-order valence-corrected chi connectivity index (χ4v) is 9.64. The van der Waals surface area contributed by atoms with Gasteiger partial charge in [0, 0.05) is 12.8 Å². The molecule has 0 spiro atoms. The number of aliphatic hydroxyl groups is 5. The number of esters is 1. The second-order valence-electron chi connectivity index (χ2n) is 21.7. The highest BCUT2D eigenvalue weighted by atomic mass is 16.7. The van der Waals surface area contributed by atoms with E-state index in [1.165, 1.54) is 180 Å². The highest BCUT2D eigenvalue weighted by Gasteiger charge is 2.44. The zero-order valence-electron chi connectivity index (χ0n) is 48.7. The van der Waals surface area contributed by atoms with Gasteiger partial charge >= 0.3 is 5.97 Å². The summed E-state index contributed by atoms with van der Waals surface area (Å²) in [5.74, 6) is -0.208. The van der Waals surface area contributed by atoms with Crippen LogP contribution in [0.2, 0.25) is 0 Å². The van der Waals surface area contributed by atoms with E-state index in [1.807, 2.05) is 19.1 Å². The molecule has 1 aliphatic heterocycles. The molecular formula is C65H117NO10. The van der Waals surface area contributed by atoms with Gasteiger partial charge < -0.3 is 45.1 Å². The minimum atomic E-state index is -1.58. The van der Waals surface area contributed by atoms with E-state index in [0.717, 1.165) is 70.6 Å². The van der Waals surface area contributed by atoms with Crippen molar-refractivity contribution in [3.63, 3.8) is 0 Å². The normalized spacial score (nSPS) is 19.1. The number of hydrogen-bond acceptors (Lipinski definition) is 10. The Morgan fingerprint density at radius 2 is 0.908 bits per heavy atom. The van der Waals surface area contributed by atoms with Gasteiger partial charge in [0.25, 0.3) is 0 Å². The molecule has 1 fully saturated rings. The topological polar surface area (TPSA) is 175 Å². The van der Waals surface area contributed by atoms with Crippen molar-refractivity contribution in [2.75, 3.05) is 19.8 Å². The van der Waals surface area contributed by atoms with Crippen molar-refractivity contribution in [2.45, 2.75) is 320 Å². The number of carbonyl (C=O) groups is 2. The number of hydrogen-bond donors (Lipinski definition) is 6. The lowest BCUT2D eigenvalue weighted by Crippen LogP contribution is -2.60. The van der Waals surface area contributed by atoms with Crippen molar-refractivity contribution >= 4 is 11.9 Å². The van der Waals surface area contributed by atoms with E-state index < -0.39 is 49.5 Å². The molecule has 7 unspecified atom stereocenters. The Hall–Kier alpha value is -2.64. The number of ether oxygens (including phenoxy) is 3. The van der Waals surface area contributed by atoms with Gasteiger partial charge in [0.05, 0.1) is 32.0 Å². The summed E-state index contributed by atoms with van der Waals surface area (Å²) in [4.78, 5) is 25.0. The molecule has 0 saturated carbocycles. The zero-order chi connectivity index (χ0) is 55.2. The maximum Gasteiger partial charge on any atom is 0.305 e. The molecular weight excluding hydrogens is 955 g/mol. The monoisotopic (exact) mass is 1070 g/mol. The van der Waals surface area contributed by atoms with Crippen molar-refractivity contribution in [1.82, 2.24) is 5.32 Å². The van der Waals surface area contributed by atoms with Crippen LogP contribution >= 0.6 is 0 Å². The maximum atomic E-state index is 13.0. The molecule has 442 valence electrons. The summed E-state index contributed by atoms with van der Waals surface area (Å²) in [6.45, 7) is 4.07. The number of unbranched alkanes of at least 4 members (excludes halogenated alkanes) is 33. The van der Waals surface area contributed by atoms with Gasteiger partial charge in [-0.15, -0.1) is 0 Å². The van der Waals surface area contributed by atoms with Crippen LogP contribution in [-0.2, 0) is 23.8 Å². The molecule has 1 aliphatic rings. The summed E-state index contributed by atoms with van der Waals surface area (Å²) in [5.41, 5.74) is 0. The Morgan fingerprint density at radius 1 is 0.500 bits per heavy atom. The minimum absolute atomic E-state index is 0.00633. The second kappa shape index (κ2) is 54.3. The van der Waals surface area contributed by atoms with Gasteiger partial charge in [-0.05, 0) is 103 Å². The predicted molar refractivity (Wildman–Crippen MR) is 315 cm³/mol. The lowest BCUT2D eigenvalue weighted by molar-refractivity contribution is -0.302. The minimum Gasteiger partial charge on any atom is -0.466 e. The average Bonchev–Trinajstić information content (AvgIpc) is 3.42. The number of rotatable bonds is 54. The molecule has 11 heteroatoms. The smallest absolute Gasteiger partial charge is 0.305 e. The largest absolute Gasteiger partial charge is 0.466 e. The number of nitrogens with one attached hydrogen (secondary N) is 1. The first-order valence-corrected chi connectivity index (χ1v) is 31.5. The maximum absolute atomic E-state index is 13.0. The summed E-state index contributed by atoms with van der Waals surface area (Å²) < 4.78 is 16.7. The molecule has 0 bridgehead atoms. The number of carbonyl (C=O) groups excluding carboxylic acids is 2. The third kappa shape index (κ3) is 43.3. The molecule has 1 amide bonds. The van der Waals surface area contributed by atoms with Crippen molar-refractivity contribution in [3.05, 3.63) is 60.8 Å². The van der Waals surface area contributed by atoms with E-state index in [4.69, 9.17) is 14.2 Å². The molecule has 0 radical (unpaired) electrons. The summed E-state index contributed by atoms with van der Waals surface area (Å²) in [5, 5.41) is 54.2. The first-order chi connectivity index (χ1) is 37.2. The predicted octanol–water partition coefficient (Wildman–Crippen LogP) is 15.0. The van der Waals surface area contributed by atoms with Crippen LogP contribution in [-0.4, -0.2) is 100 Å². The van der Waals surface area contributed by atoms with Crippen LogP contribution in [0.1, 0.15) is 277 Å². The molecule has 0 aliphatic carbocycles. The first kappa shape index (κ1) is 71.4.